The molecule has 0 saturated carbocycles. The SMILES string of the molecule is CCOc1ccc2c(c1)C1(NC(=O)N(C(C)C)C1=O)C1(CCc3ccccc3CC1)C2. The molecule has 162 valence electrons. The molecule has 2 aromatic rings. The van der Waals surface area contributed by atoms with Gasteiger partial charge in [-0.3, -0.25) is 9.69 Å². The van der Waals surface area contributed by atoms with Crippen molar-refractivity contribution < 1.29 is 14.3 Å². The molecule has 2 aliphatic carbocycles. The molecule has 1 saturated heterocycles. The van der Waals surface area contributed by atoms with Crippen molar-refractivity contribution >= 4 is 11.9 Å². The molecule has 3 aliphatic rings. The lowest BCUT2D eigenvalue weighted by molar-refractivity contribution is -0.138. The van der Waals surface area contributed by atoms with Crippen LogP contribution in [-0.2, 0) is 29.6 Å². The molecule has 3 amide bonds. The minimum absolute atomic E-state index is 0.106. The zero-order valence-corrected chi connectivity index (χ0v) is 18.5. The Labute approximate surface area is 183 Å². The largest absolute Gasteiger partial charge is 0.494 e. The standard InChI is InChI=1S/C26H30N2O3/c1-4-31-21-10-9-20-16-25(13-11-18-7-5-6-8-19(18)12-14-25)26(22(20)15-21)23(29)28(17(2)3)24(30)27-26/h5-10,15,17H,4,11-14,16H2,1-3H3,(H,27,30). The number of benzene rings is 2. The Hall–Kier alpha value is -2.82. The Bertz CT molecular complexity index is 1030. The number of urea groups is 1. The number of ether oxygens (including phenoxy) is 1. The second kappa shape index (κ2) is 7.11. The fraction of sp³-hybridized carbons (Fsp3) is 0.462. The second-order valence-electron chi connectivity index (χ2n) is 9.43. The summed E-state index contributed by atoms with van der Waals surface area (Å²) in [5.74, 6) is 0.644. The molecule has 1 heterocycles. The summed E-state index contributed by atoms with van der Waals surface area (Å²) in [4.78, 5) is 28.6. The summed E-state index contributed by atoms with van der Waals surface area (Å²) in [6.07, 6.45) is 4.34. The summed E-state index contributed by atoms with van der Waals surface area (Å²) >= 11 is 0. The fourth-order valence-electron chi connectivity index (χ4n) is 6.13. The number of carbonyl (C=O) groups is 2. The highest BCUT2D eigenvalue weighted by atomic mass is 16.5. The lowest BCUT2D eigenvalue weighted by Gasteiger charge is -2.42. The summed E-state index contributed by atoms with van der Waals surface area (Å²) in [6, 6.07) is 14.2. The Morgan fingerprint density at radius 3 is 2.29 bits per heavy atom. The average Bonchev–Trinajstić information content (AvgIpc) is 3.08. The Morgan fingerprint density at radius 1 is 1.03 bits per heavy atom. The van der Waals surface area contributed by atoms with E-state index in [1.807, 2.05) is 32.9 Å². The van der Waals surface area contributed by atoms with Gasteiger partial charge in [-0.2, -0.15) is 0 Å². The van der Waals surface area contributed by atoms with Gasteiger partial charge in [-0.15, -0.1) is 0 Å². The van der Waals surface area contributed by atoms with Crippen molar-refractivity contribution in [1.29, 1.82) is 0 Å². The zero-order chi connectivity index (χ0) is 21.8. The monoisotopic (exact) mass is 418 g/mol. The molecule has 1 unspecified atom stereocenters. The summed E-state index contributed by atoms with van der Waals surface area (Å²) in [7, 11) is 0. The number of hydrogen-bond donors (Lipinski definition) is 1. The van der Waals surface area contributed by atoms with Crippen molar-refractivity contribution in [1.82, 2.24) is 10.2 Å². The fourth-order valence-corrected chi connectivity index (χ4v) is 6.13. The highest BCUT2D eigenvalue weighted by molar-refractivity contribution is 6.09. The van der Waals surface area contributed by atoms with Crippen molar-refractivity contribution in [2.75, 3.05) is 6.61 Å². The van der Waals surface area contributed by atoms with Crippen LogP contribution in [0.5, 0.6) is 5.75 Å². The number of fused-ring (bicyclic) bond motifs is 4. The maximum atomic E-state index is 14.1. The van der Waals surface area contributed by atoms with Crippen LogP contribution in [0.1, 0.15) is 55.9 Å². The van der Waals surface area contributed by atoms with Crippen LogP contribution in [0.25, 0.3) is 0 Å². The Morgan fingerprint density at radius 2 is 1.71 bits per heavy atom. The van der Waals surface area contributed by atoms with E-state index >= 15 is 0 Å². The van der Waals surface area contributed by atoms with Gasteiger partial charge in [0, 0.05) is 11.5 Å². The first-order chi connectivity index (χ1) is 14.9. The van der Waals surface area contributed by atoms with E-state index in [-0.39, 0.29) is 23.4 Å². The van der Waals surface area contributed by atoms with E-state index in [0.717, 1.165) is 49.0 Å². The van der Waals surface area contributed by atoms with Crippen LogP contribution >= 0.6 is 0 Å². The molecule has 0 radical (unpaired) electrons. The van der Waals surface area contributed by atoms with Crippen molar-refractivity contribution in [3.05, 3.63) is 64.7 Å². The molecule has 1 fully saturated rings. The smallest absolute Gasteiger partial charge is 0.325 e. The third kappa shape index (κ3) is 2.75. The molecular weight excluding hydrogens is 388 g/mol. The van der Waals surface area contributed by atoms with E-state index < -0.39 is 5.54 Å². The van der Waals surface area contributed by atoms with E-state index in [1.165, 1.54) is 16.0 Å². The van der Waals surface area contributed by atoms with E-state index in [2.05, 4.69) is 35.6 Å². The van der Waals surface area contributed by atoms with E-state index in [0.29, 0.717) is 6.61 Å². The summed E-state index contributed by atoms with van der Waals surface area (Å²) < 4.78 is 5.78. The van der Waals surface area contributed by atoms with Crippen LogP contribution in [0, 0.1) is 5.41 Å². The summed E-state index contributed by atoms with van der Waals surface area (Å²) in [5.41, 5.74) is 3.41. The van der Waals surface area contributed by atoms with Gasteiger partial charge in [0.15, 0.2) is 5.54 Å². The third-order valence-electron chi connectivity index (χ3n) is 7.55. The number of hydrogen-bond acceptors (Lipinski definition) is 3. The predicted octanol–water partition coefficient (Wildman–Crippen LogP) is 4.36. The van der Waals surface area contributed by atoms with Crippen LogP contribution in [0.2, 0.25) is 0 Å². The highest BCUT2D eigenvalue weighted by Gasteiger charge is 2.67. The first-order valence-corrected chi connectivity index (χ1v) is 11.4. The molecule has 2 aromatic carbocycles. The number of nitrogens with zero attached hydrogens (tertiary/aromatic N) is 1. The van der Waals surface area contributed by atoms with Crippen molar-refractivity contribution in [2.24, 2.45) is 5.41 Å². The molecular formula is C26H30N2O3. The zero-order valence-electron chi connectivity index (χ0n) is 18.5. The number of amides is 3. The third-order valence-corrected chi connectivity index (χ3v) is 7.55. The van der Waals surface area contributed by atoms with Gasteiger partial charge in [0.2, 0.25) is 0 Å². The molecule has 5 heteroatoms. The van der Waals surface area contributed by atoms with Gasteiger partial charge >= 0.3 is 6.03 Å². The molecule has 0 aromatic heterocycles. The van der Waals surface area contributed by atoms with Gasteiger partial charge in [-0.1, -0.05) is 30.3 Å². The van der Waals surface area contributed by atoms with E-state index in [4.69, 9.17) is 4.74 Å². The maximum absolute atomic E-state index is 14.1. The molecule has 2 spiro atoms. The summed E-state index contributed by atoms with van der Waals surface area (Å²) in [5, 5.41) is 3.23. The molecule has 5 rings (SSSR count). The van der Waals surface area contributed by atoms with Gasteiger partial charge in [0.1, 0.15) is 5.75 Å². The van der Waals surface area contributed by atoms with Crippen LogP contribution < -0.4 is 10.1 Å². The number of imide groups is 1. The minimum Gasteiger partial charge on any atom is -0.494 e. The molecule has 1 N–H and O–H groups in total. The summed E-state index contributed by atoms with van der Waals surface area (Å²) in [6.45, 7) is 6.32. The Balaban J connectivity index is 1.67. The predicted molar refractivity (Wildman–Crippen MR) is 119 cm³/mol. The van der Waals surface area contributed by atoms with E-state index in [1.54, 1.807) is 0 Å². The minimum atomic E-state index is -1.03. The van der Waals surface area contributed by atoms with Gasteiger partial charge in [-0.25, -0.2) is 4.79 Å². The lowest BCUT2D eigenvalue weighted by Crippen LogP contribution is -2.55. The molecule has 0 bridgehead atoms. The molecule has 31 heavy (non-hydrogen) atoms. The highest BCUT2D eigenvalue weighted by Crippen LogP contribution is 2.59. The normalized spacial score (nSPS) is 23.8. The average molecular weight is 419 g/mol. The van der Waals surface area contributed by atoms with Crippen molar-refractivity contribution in [3.63, 3.8) is 0 Å². The first-order valence-electron chi connectivity index (χ1n) is 11.4. The van der Waals surface area contributed by atoms with E-state index in [9.17, 15) is 9.59 Å². The number of nitrogens with one attached hydrogen (secondary N) is 1. The second-order valence-corrected chi connectivity index (χ2v) is 9.43. The first kappa shape index (κ1) is 20.1. The Kier molecular flexibility index (Phi) is 4.61. The van der Waals surface area contributed by atoms with Crippen LogP contribution in [-0.4, -0.2) is 29.5 Å². The van der Waals surface area contributed by atoms with Crippen LogP contribution in [0.15, 0.2) is 42.5 Å². The quantitative estimate of drug-likeness (QED) is 0.754. The van der Waals surface area contributed by atoms with Crippen molar-refractivity contribution in [3.8, 4) is 5.75 Å². The molecule has 1 aliphatic heterocycles. The van der Waals surface area contributed by atoms with Gasteiger partial charge < -0.3 is 10.1 Å². The number of aryl methyl sites for hydroxylation is 2. The number of carbonyl (C=O) groups excluding carboxylic acids is 2. The molecule has 1 atom stereocenters. The topological polar surface area (TPSA) is 58.6 Å². The van der Waals surface area contributed by atoms with Crippen molar-refractivity contribution in [2.45, 2.75) is 64.5 Å². The molecule has 5 nitrogen and oxygen atoms in total. The number of rotatable bonds is 3. The van der Waals surface area contributed by atoms with Gasteiger partial charge in [0.25, 0.3) is 5.91 Å². The van der Waals surface area contributed by atoms with Gasteiger partial charge in [-0.05, 0) is 87.3 Å². The van der Waals surface area contributed by atoms with Crippen LogP contribution in [0.4, 0.5) is 4.79 Å². The van der Waals surface area contributed by atoms with Crippen LogP contribution in [0.3, 0.4) is 0 Å². The maximum Gasteiger partial charge on any atom is 0.325 e. The van der Waals surface area contributed by atoms with Gasteiger partial charge in [0.05, 0.1) is 6.61 Å². The lowest BCUT2D eigenvalue weighted by atomic mass is 9.65.